The Labute approximate surface area is 148 Å². The third kappa shape index (κ3) is 5.41. The van der Waals surface area contributed by atoms with Gasteiger partial charge in [-0.15, -0.1) is 0 Å². The van der Waals surface area contributed by atoms with E-state index in [0.29, 0.717) is 19.8 Å². The number of benzene rings is 1. The Morgan fingerprint density at radius 1 is 1.04 bits per heavy atom. The first-order valence-corrected chi connectivity index (χ1v) is 8.86. The number of allylic oxidation sites excluding steroid dienone is 2. The molecule has 2 aliphatic rings. The lowest BCUT2D eigenvalue weighted by atomic mass is 9.93. The van der Waals surface area contributed by atoms with Crippen molar-refractivity contribution in [3.63, 3.8) is 0 Å². The lowest BCUT2D eigenvalue weighted by Crippen LogP contribution is -2.41. The van der Waals surface area contributed by atoms with Crippen molar-refractivity contribution in [2.45, 2.75) is 19.3 Å². The lowest BCUT2D eigenvalue weighted by Gasteiger charge is -2.25. The quantitative estimate of drug-likeness (QED) is 0.805. The SMILES string of the molecule is O=C(CN1CCOCC1)Nc1ccc(NC(=O)[C@H]2CC=CCC2)cc1. The molecular formula is C19H25N3O3. The number of anilines is 2. The molecule has 2 N–H and O–H groups in total. The highest BCUT2D eigenvalue weighted by molar-refractivity contribution is 5.94. The van der Waals surface area contributed by atoms with Gasteiger partial charge in [-0.2, -0.15) is 0 Å². The number of hydrogen-bond acceptors (Lipinski definition) is 4. The Kier molecular flexibility index (Phi) is 6.19. The fourth-order valence-electron chi connectivity index (χ4n) is 3.08. The van der Waals surface area contributed by atoms with Gasteiger partial charge in [0.25, 0.3) is 0 Å². The molecule has 1 saturated heterocycles. The van der Waals surface area contributed by atoms with Crippen LogP contribution in [-0.2, 0) is 14.3 Å². The predicted octanol–water partition coefficient (Wildman–Crippen LogP) is 2.25. The molecule has 1 aliphatic carbocycles. The summed E-state index contributed by atoms with van der Waals surface area (Å²) in [6.45, 7) is 3.30. The second-order valence-corrected chi connectivity index (χ2v) is 6.48. The van der Waals surface area contributed by atoms with E-state index in [1.54, 1.807) is 0 Å². The Balaban J connectivity index is 1.47. The molecule has 1 heterocycles. The molecule has 0 unspecified atom stereocenters. The van der Waals surface area contributed by atoms with Gasteiger partial charge in [-0.1, -0.05) is 12.2 Å². The first kappa shape index (κ1) is 17.6. The van der Waals surface area contributed by atoms with Gasteiger partial charge in [0.1, 0.15) is 0 Å². The predicted molar refractivity (Wildman–Crippen MR) is 97.4 cm³/mol. The lowest BCUT2D eigenvalue weighted by molar-refractivity contribution is -0.120. The van der Waals surface area contributed by atoms with E-state index < -0.39 is 0 Å². The van der Waals surface area contributed by atoms with Gasteiger partial charge in [-0.3, -0.25) is 14.5 Å². The van der Waals surface area contributed by atoms with Gasteiger partial charge in [0.2, 0.25) is 11.8 Å². The van der Waals surface area contributed by atoms with Gasteiger partial charge in [0.05, 0.1) is 19.8 Å². The molecular weight excluding hydrogens is 318 g/mol. The summed E-state index contributed by atoms with van der Waals surface area (Å²) in [5.41, 5.74) is 1.49. The standard InChI is InChI=1S/C19H25N3O3/c23-18(14-22-10-12-25-13-11-22)20-16-6-8-17(9-7-16)21-19(24)15-4-2-1-3-5-15/h1-2,6-9,15H,3-5,10-14H2,(H,20,23)(H,21,24)/t15-/m0/s1. The summed E-state index contributed by atoms with van der Waals surface area (Å²) in [5, 5.41) is 5.84. The largest absolute Gasteiger partial charge is 0.379 e. The highest BCUT2D eigenvalue weighted by Gasteiger charge is 2.18. The molecule has 1 aromatic rings. The number of amides is 2. The minimum Gasteiger partial charge on any atom is -0.379 e. The number of hydrogen-bond donors (Lipinski definition) is 2. The number of nitrogens with zero attached hydrogens (tertiary/aromatic N) is 1. The van der Waals surface area contributed by atoms with Crippen LogP contribution in [0.15, 0.2) is 36.4 Å². The van der Waals surface area contributed by atoms with E-state index in [1.165, 1.54) is 0 Å². The number of carbonyl (C=O) groups excluding carboxylic acids is 2. The highest BCUT2D eigenvalue weighted by Crippen LogP contribution is 2.21. The second-order valence-electron chi connectivity index (χ2n) is 6.48. The van der Waals surface area contributed by atoms with Gasteiger partial charge in [0, 0.05) is 30.4 Å². The van der Waals surface area contributed by atoms with Gasteiger partial charge in [-0.25, -0.2) is 0 Å². The number of morpholine rings is 1. The van der Waals surface area contributed by atoms with Crippen molar-refractivity contribution in [1.82, 2.24) is 4.90 Å². The third-order valence-corrected chi connectivity index (χ3v) is 4.55. The molecule has 134 valence electrons. The Hall–Kier alpha value is -2.18. The molecule has 0 aromatic heterocycles. The monoisotopic (exact) mass is 343 g/mol. The second kappa shape index (κ2) is 8.78. The van der Waals surface area contributed by atoms with E-state index in [9.17, 15) is 9.59 Å². The number of rotatable bonds is 5. The Bertz CT molecular complexity index is 621. The molecule has 1 aromatic carbocycles. The van der Waals surface area contributed by atoms with Crippen molar-refractivity contribution >= 4 is 23.2 Å². The van der Waals surface area contributed by atoms with E-state index in [2.05, 4.69) is 27.7 Å². The topological polar surface area (TPSA) is 70.7 Å². The van der Waals surface area contributed by atoms with E-state index in [-0.39, 0.29) is 17.7 Å². The first-order chi connectivity index (χ1) is 12.2. The van der Waals surface area contributed by atoms with Crippen LogP contribution in [0.2, 0.25) is 0 Å². The smallest absolute Gasteiger partial charge is 0.238 e. The fourth-order valence-corrected chi connectivity index (χ4v) is 3.08. The van der Waals surface area contributed by atoms with Crippen molar-refractivity contribution in [2.24, 2.45) is 5.92 Å². The summed E-state index contributed by atoms with van der Waals surface area (Å²) >= 11 is 0. The summed E-state index contributed by atoms with van der Waals surface area (Å²) in [4.78, 5) is 26.4. The Morgan fingerprint density at radius 3 is 2.36 bits per heavy atom. The summed E-state index contributed by atoms with van der Waals surface area (Å²) < 4.78 is 5.28. The van der Waals surface area contributed by atoms with E-state index in [4.69, 9.17) is 4.74 Å². The zero-order valence-electron chi connectivity index (χ0n) is 14.4. The minimum absolute atomic E-state index is 0.0346. The van der Waals surface area contributed by atoms with Gasteiger partial charge >= 0.3 is 0 Å². The molecule has 1 aliphatic heterocycles. The maximum Gasteiger partial charge on any atom is 0.238 e. The van der Waals surface area contributed by atoms with Crippen LogP contribution in [0.4, 0.5) is 11.4 Å². The van der Waals surface area contributed by atoms with Crippen molar-refractivity contribution in [3.8, 4) is 0 Å². The molecule has 0 saturated carbocycles. The number of carbonyl (C=O) groups is 2. The molecule has 0 bridgehead atoms. The van der Waals surface area contributed by atoms with Crippen molar-refractivity contribution in [3.05, 3.63) is 36.4 Å². The average molecular weight is 343 g/mol. The zero-order valence-corrected chi connectivity index (χ0v) is 14.4. The number of ether oxygens (including phenoxy) is 1. The molecule has 1 fully saturated rings. The van der Waals surface area contributed by atoms with Crippen LogP contribution in [-0.4, -0.2) is 49.6 Å². The molecule has 2 amide bonds. The van der Waals surface area contributed by atoms with Crippen LogP contribution in [0, 0.1) is 5.92 Å². The molecule has 6 nitrogen and oxygen atoms in total. The van der Waals surface area contributed by atoms with Crippen LogP contribution in [0.25, 0.3) is 0 Å². The fraction of sp³-hybridized carbons (Fsp3) is 0.474. The Morgan fingerprint density at radius 2 is 1.72 bits per heavy atom. The van der Waals surface area contributed by atoms with Gasteiger partial charge in [0.15, 0.2) is 0 Å². The van der Waals surface area contributed by atoms with Gasteiger partial charge < -0.3 is 15.4 Å². The maximum atomic E-state index is 12.2. The van der Waals surface area contributed by atoms with Crippen molar-refractivity contribution < 1.29 is 14.3 Å². The van der Waals surface area contributed by atoms with E-state index in [0.717, 1.165) is 43.7 Å². The van der Waals surface area contributed by atoms with Gasteiger partial charge in [-0.05, 0) is 43.5 Å². The molecule has 6 heteroatoms. The normalized spacial score (nSPS) is 20.9. The van der Waals surface area contributed by atoms with Crippen LogP contribution in [0.5, 0.6) is 0 Å². The number of nitrogens with one attached hydrogen (secondary N) is 2. The highest BCUT2D eigenvalue weighted by atomic mass is 16.5. The van der Waals surface area contributed by atoms with Crippen LogP contribution in [0.3, 0.4) is 0 Å². The van der Waals surface area contributed by atoms with Crippen molar-refractivity contribution in [1.29, 1.82) is 0 Å². The van der Waals surface area contributed by atoms with Crippen LogP contribution < -0.4 is 10.6 Å². The van der Waals surface area contributed by atoms with Crippen LogP contribution >= 0.6 is 0 Å². The van der Waals surface area contributed by atoms with Crippen molar-refractivity contribution in [2.75, 3.05) is 43.5 Å². The molecule has 3 rings (SSSR count). The van der Waals surface area contributed by atoms with E-state index >= 15 is 0 Å². The van der Waals surface area contributed by atoms with E-state index in [1.807, 2.05) is 24.3 Å². The minimum atomic E-state index is -0.0346. The third-order valence-electron chi connectivity index (χ3n) is 4.55. The van der Waals surface area contributed by atoms with Crippen LogP contribution in [0.1, 0.15) is 19.3 Å². The summed E-state index contributed by atoms with van der Waals surface area (Å²) in [5.74, 6) is 0.0824. The summed E-state index contributed by atoms with van der Waals surface area (Å²) in [7, 11) is 0. The summed E-state index contributed by atoms with van der Waals surface area (Å²) in [6.07, 6.45) is 6.87. The molecule has 0 spiro atoms. The molecule has 25 heavy (non-hydrogen) atoms. The average Bonchev–Trinajstić information content (AvgIpc) is 2.65. The first-order valence-electron chi connectivity index (χ1n) is 8.86. The summed E-state index contributed by atoms with van der Waals surface area (Å²) in [6, 6.07) is 7.27. The molecule has 0 radical (unpaired) electrons. The zero-order chi connectivity index (χ0) is 17.5. The molecule has 1 atom stereocenters. The maximum absolute atomic E-state index is 12.2.